The number of carbonyl (C=O) groups excluding carboxylic acids is 1. The number of rotatable bonds is 4. The highest BCUT2D eigenvalue weighted by molar-refractivity contribution is 7.09. The molecule has 126 valence electrons. The van der Waals surface area contributed by atoms with E-state index in [1.165, 1.54) is 0 Å². The summed E-state index contributed by atoms with van der Waals surface area (Å²) in [5.74, 6) is 0.199. The largest absolute Gasteiger partial charge is 0.333 e. The van der Waals surface area contributed by atoms with Gasteiger partial charge in [0.25, 0.3) is 5.91 Å². The van der Waals surface area contributed by atoms with E-state index in [9.17, 15) is 4.79 Å². The number of hydrogen-bond donors (Lipinski definition) is 1. The second-order valence-corrected chi connectivity index (χ2v) is 7.82. The van der Waals surface area contributed by atoms with Crippen molar-refractivity contribution in [2.45, 2.75) is 44.7 Å². The van der Waals surface area contributed by atoms with Crippen molar-refractivity contribution < 1.29 is 4.79 Å². The van der Waals surface area contributed by atoms with E-state index in [2.05, 4.69) is 20.6 Å². The fourth-order valence-corrected chi connectivity index (χ4v) is 4.12. The Bertz CT molecular complexity index is 714. The summed E-state index contributed by atoms with van der Waals surface area (Å²) in [6.07, 6.45) is 4.45. The van der Waals surface area contributed by atoms with Gasteiger partial charge in [0, 0.05) is 28.6 Å². The van der Waals surface area contributed by atoms with E-state index >= 15 is 0 Å². The summed E-state index contributed by atoms with van der Waals surface area (Å²) in [6.45, 7) is 4.05. The highest BCUT2D eigenvalue weighted by atomic mass is 32.1. The third-order valence-corrected chi connectivity index (χ3v) is 5.70. The van der Waals surface area contributed by atoms with Gasteiger partial charge in [-0.05, 0) is 57.8 Å². The highest BCUT2D eigenvalue weighted by Gasteiger charge is 2.38. The summed E-state index contributed by atoms with van der Waals surface area (Å²) in [5.41, 5.74) is 2.88. The van der Waals surface area contributed by atoms with Gasteiger partial charge in [0.2, 0.25) is 0 Å². The van der Waals surface area contributed by atoms with Crippen molar-refractivity contribution in [3.8, 4) is 11.3 Å². The molecule has 24 heavy (non-hydrogen) atoms. The van der Waals surface area contributed by atoms with Gasteiger partial charge in [0.1, 0.15) is 0 Å². The zero-order chi connectivity index (χ0) is 16.5. The number of nitrogens with zero attached hydrogens (tertiary/aromatic N) is 2. The number of piperidine rings is 1. The fraction of sp³-hybridized carbons (Fsp3) is 0.474. The molecule has 1 amide bonds. The van der Waals surface area contributed by atoms with Gasteiger partial charge in [-0.15, -0.1) is 11.3 Å². The average Bonchev–Trinajstić information content (AvgIpc) is 3.36. The molecule has 2 aliphatic rings. The smallest absolute Gasteiger partial charge is 0.254 e. The first kappa shape index (κ1) is 15.8. The molecule has 1 aliphatic carbocycles. The van der Waals surface area contributed by atoms with E-state index < -0.39 is 0 Å². The van der Waals surface area contributed by atoms with Gasteiger partial charge >= 0.3 is 0 Å². The average molecular weight is 341 g/mol. The van der Waals surface area contributed by atoms with E-state index in [1.807, 2.05) is 31.2 Å². The predicted octanol–water partition coefficient (Wildman–Crippen LogP) is 3.48. The molecule has 1 aromatic carbocycles. The van der Waals surface area contributed by atoms with Crippen molar-refractivity contribution in [3.63, 3.8) is 0 Å². The SMILES string of the molecule is Cc1nc(-c2ccc(C(=O)N(C3CCNCC3)C3CC3)cc2)cs1. The summed E-state index contributed by atoms with van der Waals surface area (Å²) < 4.78 is 0. The third-order valence-electron chi connectivity index (χ3n) is 4.92. The lowest BCUT2D eigenvalue weighted by molar-refractivity contribution is 0.0623. The minimum atomic E-state index is 0.199. The van der Waals surface area contributed by atoms with Gasteiger partial charge in [-0.3, -0.25) is 4.79 Å². The zero-order valence-electron chi connectivity index (χ0n) is 14.0. The number of amides is 1. The van der Waals surface area contributed by atoms with Crippen LogP contribution < -0.4 is 5.32 Å². The van der Waals surface area contributed by atoms with Crippen molar-refractivity contribution in [1.29, 1.82) is 0 Å². The van der Waals surface area contributed by atoms with Gasteiger partial charge in [-0.25, -0.2) is 4.98 Å². The van der Waals surface area contributed by atoms with Gasteiger partial charge in [-0.2, -0.15) is 0 Å². The van der Waals surface area contributed by atoms with Gasteiger partial charge in [-0.1, -0.05) is 12.1 Å². The summed E-state index contributed by atoms with van der Waals surface area (Å²) in [7, 11) is 0. The molecule has 0 spiro atoms. The number of thiazole rings is 1. The number of carbonyl (C=O) groups is 1. The van der Waals surface area contributed by atoms with Crippen LogP contribution in [-0.2, 0) is 0 Å². The highest BCUT2D eigenvalue weighted by Crippen LogP contribution is 2.33. The van der Waals surface area contributed by atoms with Crippen LogP contribution >= 0.6 is 11.3 Å². The Morgan fingerprint density at radius 1 is 1.12 bits per heavy atom. The summed E-state index contributed by atoms with van der Waals surface area (Å²) >= 11 is 1.65. The van der Waals surface area contributed by atoms with Crippen LogP contribution in [0.25, 0.3) is 11.3 Å². The molecule has 0 radical (unpaired) electrons. The Kier molecular flexibility index (Phi) is 4.37. The molecule has 2 fully saturated rings. The maximum atomic E-state index is 13.1. The molecule has 5 heteroatoms. The van der Waals surface area contributed by atoms with E-state index in [-0.39, 0.29) is 5.91 Å². The molecular formula is C19H23N3OS. The van der Waals surface area contributed by atoms with Crippen molar-refractivity contribution >= 4 is 17.2 Å². The first-order valence-corrected chi connectivity index (χ1v) is 9.66. The predicted molar refractivity (Wildman–Crippen MR) is 97.4 cm³/mol. The Balaban J connectivity index is 1.54. The third kappa shape index (κ3) is 3.23. The molecule has 1 aromatic heterocycles. The maximum absolute atomic E-state index is 13.1. The normalized spacial score (nSPS) is 18.5. The molecule has 1 saturated heterocycles. The Morgan fingerprint density at radius 3 is 2.38 bits per heavy atom. The number of benzene rings is 1. The number of aromatic nitrogens is 1. The van der Waals surface area contributed by atoms with Crippen LogP contribution in [0.4, 0.5) is 0 Å². The van der Waals surface area contributed by atoms with E-state index in [1.54, 1.807) is 11.3 Å². The maximum Gasteiger partial charge on any atom is 0.254 e. The van der Waals surface area contributed by atoms with E-state index in [0.29, 0.717) is 12.1 Å². The van der Waals surface area contributed by atoms with Crippen LogP contribution in [-0.4, -0.2) is 41.0 Å². The minimum absolute atomic E-state index is 0.199. The monoisotopic (exact) mass is 341 g/mol. The van der Waals surface area contributed by atoms with Gasteiger partial charge in [0.05, 0.1) is 10.7 Å². The molecule has 0 unspecified atom stereocenters. The van der Waals surface area contributed by atoms with Crippen molar-refractivity contribution in [1.82, 2.24) is 15.2 Å². The van der Waals surface area contributed by atoms with Crippen LogP contribution in [0.3, 0.4) is 0 Å². The van der Waals surface area contributed by atoms with Crippen molar-refractivity contribution in [2.75, 3.05) is 13.1 Å². The van der Waals surface area contributed by atoms with Crippen LogP contribution in [0.2, 0.25) is 0 Å². The van der Waals surface area contributed by atoms with Gasteiger partial charge < -0.3 is 10.2 Å². The second kappa shape index (κ2) is 6.65. The first-order valence-electron chi connectivity index (χ1n) is 8.78. The molecule has 2 aromatic rings. The molecular weight excluding hydrogens is 318 g/mol. The lowest BCUT2D eigenvalue weighted by atomic mass is 10.0. The minimum Gasteiger partial charge on any atom is -0.333 e. The molecule has 2 heterocycles. The van der Waals surface area contributed by atoms with Crippen LogP contribution in [0.15, 0.2) is 29.6 Å². The number of aryl methyl sites for hydroxylation is 1. The Morgan fingerprint density at radius 2 is 1.79 bits per heavy atom. The lowest BCUT2D eigenvalue weighted by Crippen LogP contribution is -2.47. The second-order valence-electron chi connectivity index (χ2n) is 6.75. The lowest BCUT2D eigenvalue weighted by Gasteiger charge is -2.35. The fourth-order valence-electron chi connectivity index (χ4n) is 3.50. The zero-order valence-corrected chi connectivity index (χ0v) is 14.8. The molecule has 0 bridgehead atoms. The summed E-state index contributed by atoms with van der Waals surface area (Å²) in [6, 6.07) is 8.82. The summed E-state index contributed by atoms with van der Waals surface area (Å²) in [5, 5.41) is 6.52. The Hall–Kier alpha value is -1.72. The van der Waals surface area contributed by atoms with Crippen LogP contribution in [0.1, 0.15) is 41.0 Å². The van der Waals surface area contributed by atoms with Crippen LogP contribution in [0.5, 0.6) is 0 Å². The number of hydrogen-bond acceptors (Lipinski definition) is 4. The molecule has 4 rings (SSSR count). The van der Waals surface area contributed by atoms with E-state index in [4.69, 9.17) is 0 Å². The molecule has 1 saturated carbocycles. The topological polar surface area (TPSA) is 45.2 Å². The van der Waals surface area contributed by atoms with Crippen LogP contribution in [0, 0.1) is 6.92 Å². The Labute approximate surface area is 146 Å². The number of nitrogens with one attached hydrogen (secondary N) is 1. The molecule has 4 nitrogen and oxygen atoms in total. The summed E-state index contributed by atoms with van der Waals surface area (Å²) in [4.78, 5) is 19.8. The molecule has 1 aliphatic heterocycles. The van der Waals surface area contributed by atoms with Crippen molar-refractivity contribution in [2.24, 2.45) is 0 Å². The first-order chi connectivity index (χ1) is 11.7. The van der Waals surface area contributed by atoms with Gasteiger partial charge in [0.15, 0.2) is 0 Å². The molecule has 0 atom stereocenters. The standard InChI is InChI=1S/C19H23N3OS/c1-13-21-18(12-24-13)14-2-4-15(5-3-14)19(23)22(16-6-7-16)17-8-10-20-11-9-17/h2-5,12,16-17,20H,6-11H2,1H3. The van der Waals surface area contributed by atoms with Crippen molar-refractivity contribution in [3.05, 3.63) is 40.2 Å². The van der Waals surface area contributed by atoms with E-state index in [0.717, 1.165) is 60.6 Å². The quantitative estimate of drug-likeness (QED) is 0.926. The molecule has 1 N–H and O–H groups in total.